The zero-order valence-corrected chi connectivity index (χ0v) is 13.4. The Bertz CT molecular complexity index is 1020. The van der Waals surface area contributed by atoms with Gasteiger partial charge in [-0.15, -0.1) is 0 Å². The van der Waals surface area contributed by atoms with Crippen LogP contribution in [0.25, 0.3) is 16.9 Å². The predicted molar refractivity (Wildman–Crippen MR) is 95.5 cm³/mol. The predicted octanol–water partition coefficient (Wildman–Crippen LogP) is 4.89. The minimum Gasteiger partial charge on any atom is -0.295 e. The van der Waals surface area contributed by atoms with Crippen LogP contribution in [-0.2, 0) is 0 Å². The average molecular weight is 333 g/mol. The molecule has 116 valence electrons. The Hall–Kier alpha value is -2.91. The van der Waals surface area contributed by atoms with Crippen molar-refractivity contribution in [2.24, 2.45) is 0 Å². The molecule has 2 aromatic carbocycles. The molecule has 0 saturated carbocycles. The van der Waals surface area contributed by atoms with E-state index in [4.69, 9.17) is 11.6 Å². The van der Waals surface area contributed by atoms with Gasteiger partial charge in [-0.1, -0.05) is 72.3 Å². The Kier molecular flexibility index (Phi) is 3.63. The summed E-state index contributed by atoms with van der Waals surface area (Å²) in [4.78, 5) is 17.8. The van der Waals surface area contributed by atoms with Crippen LogP contribution in [0.2, 0.25) is 5.02 Å². The zero-order chi connectivity index (χ0) is 16.5. The van der Waals surface area contributed by atoms with Crippen LogP contribution in [0.15, 0.2) is 79.0 Å². The van der Waals surface area contributed by atoms with Gasteiger partial charge in [0.05, 0.1) is 5.02 Å². The molecule has 24 heavy (non-hydrogen) atoms. The summed E-state index contributed by atoms with van der Waals surface area (Å²) in [6, 6.07) is 22.5. The van der Waals surface area contributed by atoms with Crippen LogP contribution in [-0.4, -0.2) is 15.2 Å². The molecule has 0 radical (unpaired) electrons. The molecule has 0 aliphatic carbocycles. The number of halogens is 1. The fraction of sp³-hybridized carbons (Fsp3) is 0. The largest absolute Gasteiger partial charge is 0.295 e. The summed E-state index contributed by atoms with van der Waals surface area (Å²) in [6.45, 7) is 0. The molecule has 0 bridgehead atoms. The van der Waals surface area contributed by atoms with Gasteiger partial charge in [0.2, 0.25) is 5.78 Å². The molecule has 4 aromatic rings. The van der Waals surface area contributed by atoms with E-state index in [2.05, 4.69) is 4.98 Å². The molecule has 0 atom stereocenters. The lowest BCUT2D eigenvalue weighted by Crippen LogP contribution is -2.06. The second kappa shape index (κ2) is 5.95. The molecule has 2 aromatic heterocycles. The number of nitrogens with zero attached hydrogens (tertiary/aromatic N) is 2. The Balaban J connectivity index is 2.01. The van der Waals surface area contributed by atoms with Gasteiger partial charge >= 0.3 is 0 Å². The van der Waals surface area contributed by atoms with Crippen molar-refractivity contribution in [1.82, 2.24) is 9.38 Å². The zero-order valence-electron chi connectivity index (χ0n) is 12.7. The Morgan fingerprint density at radius 2 is 1.54 bits per heavy atom. The summed E-state index contributed by atoms with van der Waals surface area (Å²) in [5.41, 5.74) is 3.39. The van der Waals surface area contributed by atoms with Crippen molar-refractivity contribution in [3.8, 4) is 11.3 Å². The highest BCUT2D eigenvalue weighted by molar-refractivity contribution is 6.30. The van der Waals surface area contributed by atoms with E-state index >= 15 is 0 Å². The lowest BCUT2D eigenvalue weighted by atomic mass is 10.0. The van der Waals surface area contributed by atoms with E-state index in [1.807, 2.05) is 54.6 Å². The number of rotatable bonds is 3. The van der Waals surface area contributed by atoms with E-state index < -0.39 is 0 Å². The van der Waals surface area contributed by atoms with E-state index in [-0.39, 0.29) is 5.78 Å². The van der Waals surface area contributed by atoms with E-state index in [1.165, 1.54) is 0 Å². The normalized spacial score (nSPS) is 10.9. The van der Waals surface area contributed by atoms with Crippen LogP contribution in [0, 0.1) is 0 Å². The maximum absolute atomic E-state index is 13.1. The van der Waals surface area contributed by atoms with Gasteiger partial charge in [-0.05, 0) is 12.1 Å². The van der Waals surface area contributed by atoms with Crippen LogP contribution in [0.1, 0.15) is 16.1 Å². The van der Waals surface area contributed by atoms with Crippen LogP contribution >= 0.6 is 11.6 Å². The molecule has 0 spiro atoms. The number of hydrogen-bond acceptors (Lipinski definition) is 2. The first-order chi connectivity index (χ1) is 11.7. The molecule has 4 rings (SSSR count). The Morgan fingerprint density at radius 3 is 2.25 bits per heavy atom. The maximum atomic E-state index is 13.1. The smallest absolute Gasteiger partial charge is 0.212 e. The van der Waals surface area contributed by atoms with E-state index in [9.17, 15) is 4.79 Å². The minimum atomic E-state index is -0.0794. The van der Waals surface area contributed by atoms with Gasteiger partial charge in [0.15, 0.2) is 0 Å². The Morgan fingerprint density at radius 1 is 0.875 bits per heavy atom. The van der Waals surface area contributed by atoms with Gasteiger partial charge in [0.1, 0.15) is 17.0 Å². The Labute approximate surface area is 144 Å². The number of pyridine rings is 1. The van der Waals surface area contributed by atoms with Crippen molar-refractivity contribution in [2.75, 3.05) is 0 Å². The van der Waals surface area contributed by atoms with E-state index in [0.29, 0.717) is 27.6 Å². The number of fused-ring (bicyclic) bond motifs is 1. The summed E-state index contributed by atoms with van der Waals surface area (Å²) in [5.74, 6) is -0.0794. The second-order valence-corrected chi connectivity index (χ2v) is 5.88. The third-order valence-electron chi connectivity index (χ3n) is 3.88. The number of benzene rings is 2. The molecule has 0 N–H and O–H groups in total. The van der Waals surface area contributed by atoms with Crippen molar-refractivity contribution >= 4 is 23.0 Å². The highest BCUT2D eigenvalue weighted by Crippen LogP contribution is 2.27. The summed E-state index contributed by atoms with van der Waals surface area (Å²) in [7, 11) is 0. The molecule has 0 amide bonds. The minimum absolute atomic E-state index is 0.0794. The number of aromatic nitrogens is 2. The fourth-order valence-corrected chi connectivity index (χ4v) is 2.92. The molecule has 0 fully saturated rings. The third kappa shape index (κ3) is 2.49. The molecule has 4 heteroatoms. The molecular weight excluding hydrogens is 320 g/mol. The number of carbonyl (C=O) groups is 1. The van der Waals surface area contributed by atoms with E-state index in [0.717, 1.165) is 5.56 Å². The van der Waals surface area contributed by atoms with Crippen molar-refractivity contribution < 1.29 is 4.79 Å². The topological polar surface area (TPSA) is 34.4 Å². The highest BCUT2D eigenvalue weighted by atomic mass is 35.5. The maximum Gasteiger partial charge on any atom is 0.212 e. The first-order valence-electron chi connectivity index (χ1n) is 7.57. The molecule has 0 unspecified atom stereocenters. The molecule has 0 aliphatic heterocycles. The number of hydrogen-bond donors (Lipinski definition) is 0. The third-order valence-corrected chi connectivity index (χ3v) is 4.10. The van der Waals surface area contributed by atoms with Gasteiger partial charge < -0.3 is 0 Å². The lowest BCUT2D eigenvalue weighted by Gasteiger charge is -2.05. The molecule has 0 saturated heterocycles. The lowest BCUT2D eigenvalue weighted by molar-refractivity contribution is 0.103. The highest BCUT2D eigenvalue weighted by Gasteiger charge is 2.21. The van der Waals surface area contributed by atoms with Crippen LogP contribution in [0.3, 0.4) is 0 Å². The van der Waals surface area contributed by atoms with Crippen molar-refractivity contribution in [1.29, 1.82) is 0 Å². The standard InChI is InChI=1S/C20H13ClN2O/c21-16-11-12-17-22-18(14-7-3-1-4-8-14)19(23(17)13-16)20(24)15-9-5-2-6-10-15/h1-13H. The van der Waals surface area contributed by atoms with E-state index in [1.54, 1.807) is 28.8 Å². The van der Waals surface area contributed by atoms with Gasteiger partial charge in [-0.25, -0.2) is 4.98 Å². The van der Waals surface area contributed by atoms with Crippen molar-refractivity contribution in [3.05, 3.63) is 95.3 Å². The number of carbonyl (C=O) groups excluding carboxylic acids is 1. The number of imidazole rings is 1. The van der Waals surface area contributed by atoms with Crippen molar-refractivity contribution in [2.45, 2.75) is 0 Å². The van der Waals surface area contributed by atoms with Gasteiger partial charge in [0, 0.05) is 17.3 Å². The monoisotopic (exact) mass is 332 g/mol. The van der Waals surface area contributed by atoms with Crippen molar-refractivity contribution in [3.63, 3.8) is 0 Å². The van der Waals surface area contributed by atoms with Crippen LogP contribution in [0.5, 0.6) is 0 Å². The first-order valence-corrected chi connectivity index (χ1v) is 7.94. The molecule has 3 nitrogen and oxygen atoms in total. The summed E-state index contributed by atoms with van der Waals surface area (Å²) >= 11 is 6.14. The SMILES string of the molecule is O=C(c1ccccc1)c1c(-c2ccccc2)nc2ccc(Cl)cn12. The molecular formula is C20H13ClN2O. The summed E-state index contributed by atoms with van der Waals surface area (Å²) < 4.78 is 1.76. The van der Waals surface area contributed by atoms with Gasteiger partial charge in [-0.2, -0.15) is 0 Å². The quantitative estimate of drug-likeness (QED) is 0.501. The molecule has 0 aliphatic rings. The van der Waals surface area contributed by atoms with Crippen LogP contribution in [0.4, 0.5) is 0 Å². The van der Waals surface area contributed by atoms with Crippen LogP contribution < -0.4 is 0 Å². The van der Waals surface area contributed by atoms with Gasteiger partial charge in [-0.3, -0.25) is 9.20 Å². The van der Waals surface area contributed by atoms with Gasteiger partial charge in [0.25, 0.3) is 0 Å². The summed E-state index contributed by atoms with van der Waals surface area (Å²) in [5, 5.41) is 0.557. The summed E-state index contributed by atoms with van der Waals surface area (Å²) in [6.07, 6.45) is 1.73. The first kappa shape index (κ1) is 14.7. The second-order valence-electron chi connectivity index (χ2n) is 5.45. The average Bonchev–Trinajstić information content (AvgIpc) is 3.01. The molecule has 2 heterocycles. The number of ketones is 1. The fourth-order valence-electron chi connectivity index (χ4n) is 2.76.